The molecule has 2 heterocycles. The molecular weight excluding hydrogens is 238 g/mol. The molecule has 4 nitrogen and oxygen atoms in total. The summed E-state index contributed by atoms with van der Waals surface area (Å²) in [5, 5.41) is 2.85. The van der Waals surface area contributed by atoms with Crippen molar-refractivity contribution in [2.24, 2.45) is 11.1 Å². The highest BCUT2D eigenvalue weighted by molar-refractivity contribution is 6.02. The van der Waals surface area contributed by atoms with Gasteiger partial charge >= 0.3 is 0 Å². The van der Waals surface area contributed by atoms with Gasteiger partial charge in [-0.3, -0.25) is 4.79 Å². The summed E-state index contributed by atoms with van der Waals surface area (Å²) in [6, 6.07) is 5.60. The standard InChI is InChI=1S/C15H21N3O/c1-15(2)5-7-18(8-6-15)10-3-4-11-12(9-10)17-14(19)13(11)16/h3-4,9,13H,5-8,16H2,1-2H3,(H,17,19). The summed E-state index contributed by atoms with van der Waals surface area (Å²) in [5.41, 5.74) is 9.24. The van der Waals surface area contributed by atoms with E-state index < -0.39 is 6.04 Å². The number of anilines is 2. The van der Waals surface area contributed by atoms with E-state index in [1.807, 2.05) is 6.07 Å². The predicted molar refractivity (Wildman–Crippen MR) is 77.2 cm³/mol. The van der Waals surface area contributed by atoms with Crippen LogP contribution in [0.1, 0.15) is 38.3 Å². The Bertz CT molecular complexity index is 514. The highest BCUT2D eigenvalue weighted by Crippen LogP contribution is 2.36. The molecular formula is C15H21N3O. The van der Waals surface area contributed by atoms with Crippen LogP contribution in [-0.4, -0.2) is 19.0 Å². The number of benzene rings is 1. The van der Waals surface area contributed by atoms with Crippen LogP contribution >= 0.6 is 0 Å². The lowest BCUT2D eigenvalue weighted by Gasteiger charge is -2.38. The van der Waals surface area contributed by atoms with Crippen molar-refractivity contribution >= 4 is 17.3 Å². The van der Waals surface area contributed by atoms with Gasteiger partial charge in [-0.25, -0.2) is 0 Å². The number of amides is 1. The summed E-state index contributed by atoms with van der Waals surface area (Å²) < 4.78 is 0. The molecule has 0 spiro atoms. The number of nitrogens with one attached hydrogen (secondary N) is 1. The molecule has 3 rings (SSSR count). The van der Waals surface area contributed by atoms with Crippen molar-refractivity contribution in [1.82, 2.24) is 0 Å². The molecule has 19 heavy (non-hydrogen) atoms. The van der Waals surface area contributed by atoms with E-state index in [1.54, 1.807) is 0 Å². The Hall–Kier alpha value is -1.55. The first kappa shape index (κ1) is 12.5. The maximum atomic E-state index is 11.6. The van der Waals surface area contributed by atoms with Gasteiger partial charge in [-0.1, -0.05) is 19.9 Å². The third kappa shape index (κ3) is 2.21. The summed E-state index contributed by atoms with van der Waals surface area (Å²) in [4.78, 5) is 13.9. The number of fused-ring (bicyclic) bond motifs is 1. The van der Waals surface area contributed by atoms with E-state index >= 15 is 0 Å². The molecule has 3 N–H and O–H groups in total. The molecule has 0 saturated carbocycles. The van der Waals surface area contributed by atoms with E-state index in [0.29, 0.717) is 5.41 Å². The smallest absolute Gasteiger partial charge is 0.245 e. The van der Waals surface area contributed by atoms with Gasteiger partial charge in [0, 0.05) is 30.0 Å². The molecule has 2 aliphatic heterocycles. The van der Waals surface area contributed by atoms with E-state index in [9.17, 15) is 4.79 Å². The van der Waals surface area contributed by atoms with E-state index in [4.69, 9.17) is 5.73 Å². The van der Waals surface area contributed by atoms with Crippen molar-refractivity contribution in [3.8, 4) is 0 Å². The number of hydrogen-bond donors (Lipinski definition) is 2. The fraction of sp³-hybridized carbons (Fsp3) is 0.533. The Morgan fingerprint density at radius 3 is 2.68 bits per heavy atom. The fourth-order valence-electron chi connectivity index (χ4n) is 2.84. The van der Waals surface area contributed by atoms with E-state index in [0.717, 1.165) is 24.3 Å². The minimum Gasteiger partial charge on any atom is -0.371 e. The summed E-state index contributed by atoms with van der Waals surface area (Å²) >= 11 is 0. The SMILES string of the molecule is CC1(C)CCN(c2ccc3c(c2)NC(=O)C3N)CC1. The van der Waals surface area contributed by atoms with Gasteiger partial charge in [0.1, 0.15) is 6.04 Å². The number of carbonyl (C=O) groups excluding carboxylic acids is 1. The minimum absolute atomic E-state index is 0.105. The lowest BCUT2D eigenvalue weighted by molar-refractivity contribution is -0.116. The number of piperidine rings is 1. The van der Waals surface area contributed by atoms with Crippen LogP contribution in [-0.2, 0) is 4.79 Å². The Labute approximate surface area is 114 Å². The van der Waals surface area contributed by atoms with Gasteiger partial charge in [-0.2, -0.15) is 0 Å². The van der Waals surface area contributed by atoms with Crippen molar-refractivity contribution in [3.63, 3.8) is 0 Å². The number of nitrogens with two attached hydrogens (primary N) is 1. The van der Waals surface area contributed by atoms with Crippen LogP contribution in [0.15, 0.2) is 18.2 Å². The van der Waals surface area contributed by atoms with Crippen LogP contribution < -0.4 is 16.0 Å². The third-order valence-electron chi connectivity index (χ3n) is 4.39. The van der Waals surface area contributed by atoms with Crippen molar-refractivity contribution in [1.29, 1.82) is 0 Å². The highest BCUT2D eigenvalue weighted by atomic mass is 16.2. The van der Waals surface area contributed by atoms with Gasteiger partial charge < -0.3 is 16.0 Å². The molecule has 4 heteroatoms. The lowest BCUT2D eigenvalue weighted by Crippen LogP contribution is -2.37. The van der Waals surface area contributed by atoms with Gasteiger partial charge in [-0.05, 0) is 30.4 Å². The molecule has 1 unspecified atom stereocenters. The molecule has 1 atom stereocenters. The molecule has 1 fully saturated rings. The summed E-state index contributed by atoms with van der Waals surface area (Å²) in [7, 11) is 0. The van der Waals surface area contributed by atoms with Crippen molar-refractivity contribution in [2.45, 2.75) is 32.7 Å². The molecule has 1 saturated heterocycles. The van der Waals surface area contributed by atoms with Crippen LogP contribution in [0.5, 0.6) is 0 Å². The molecule has 0 aromatic heterocycles. The first-order chi connectivity index (χ1) is 8.96. The molecule has 0 bridgehead atoms. The zero-order valence-electron chi connectivity index (χ0n) is 11.6. The molecule has 0 radical (unpaired) electrons. The van der Waals surface area contributed by atoms with Crippen molar-refractivity contribution in [2.75, 3.05) is 23.3 Å². The molecule has 1 aromatic rings. The average Bonchev–Trinajstić information content (AvgIpc) is 2.64. The van der Waals surface area contributed by atoms with E-state index in [-0.39, 0.29) is 5.91 Å². The van der Waals surface area contributed by atoms with E-state index in [1.165, 1.54) is 18.5 Å². The molecule has 1 amide bonds. The molecule has 102 valence electrons. The molecule has 0 aliphatic carbocycles. The Morgan fingerprint density at radius 1 is 1.32 bits per heavy atom. The quantitative estimate of drug-likeness (QED) is 0.813. The second-order valence-corrected chi connectivity index (χ2v) is 6.39. The fourth-order valence-corrected chi connectivity index (χ4v) is 2.84. The summed E-state index contributed by atoms with van der Waals surface area (Å²) in [6.45, 7) is 6.80. The van der Waals surface area contributed by atoms with Crippen LogP contribution in [0.4, 0.5) is 11.4 Å². The number of nitrogens with zero attached hydrogens (tertiary/aromatic N) is 1. The van der Waals surface area contributed by atoms with E-state index in [2.05, 4.69) is 36.2 Å². The summed E-state index contributed by atoms with van der Waals surface area (Å²) in [6.07, 6.45) is 2.41. The van der Waals surface area contributed by atoms with Gasteiger partial charge in [0.05, 0.1) is 0 Å². The lowest BCUT2D eigenvalue weighted by atomic mass is 9.82. The average molecular weight is 259 g/mol. The van der Waals surface area contributed by atoms with Gasteiger partial charge in [-0.15, -0.1) is 0 Å². The zero-order chi connectivity index (χ0) is 13.6. The van der Waals surface area contributed by atoms with Gasteiger partial charge in [0.2, 0.25) is 5.91 Å². The Balaban J connectivity index is 1.81. The second-order valence-electron chi connectivity index (χ2n) is 6.39. The number of hydrogen-bond acceptors (Lipinski definition) is 3. The minimum atomic E-state index is -0.510. The van der Waals surface area contributed by atoms with Crippen LogP contribution in [0.25, 0.3) is 0 Å². The van der Waals surface area contributed by atoms with Crippen molar-refractivity contribution < 1.29 is 4.79 Å². The first-order valence-corrected chi connectivity index (χ1v) is 6.92. The monoisotopic (exact) mass is 259 g/mol. The Morgan fingerprint density at radius 2 is 2.00 bits per heavy atom. The maximum absolute atomic E-state index is 11.6. The van der Waals surface area contributed by atoms with Crippen molar-refractivity contribution in [3.05, 3.63) is 23.8 Å². The number of carbonyl (C=O) groups is 1. The maximum Gasteiger partial charge on any atom is 0.245 e. The molecule has 1 aromatic carbocycles. The summed E-state index contributed by atoms with van der Waals surface area (Å²) in [5.74, 6) is -0.105. The van der Waals surface area contributed by atoms with Gasteiger partial charge in [0.15, 0.2) is 0 Å². The predicted octanol–water partition coefficient (Wildman–Crippen LogP) is 2.26. The molecule has 2 aliphatic rings. The third-order valence-corrected chi connectivity index (χ3v) is 4.39. The Kier molecular flexibility index (Phi) is 2.78. The topological polar surface area (TPSA) is 58.4 Å². The highest BCUT2D eigenvalue weighted by Gasteiger charge is 2.29. The normalized spacial score (nSPS) is 25.1. The second kappa shape index (κ2) is 4.23. The first-order valence-electron chi connectivity index (χ1n) is 6.92. The van der Waals surface area contributed by atoms with Gasteiger partial charge in [0.25, 0.3) is 0 Å². The van der Waals surface area contributed by atoms with Crippen LogP contribution in [0, 0.1) is 5.41 Å². The largest absolute Gasteiger partial charge is 0.371 e. The van der Waals surface area contributed by atoms with Crippen LogP contribution in [0.2, 0.25) is 0 Å². The zero-order valence-corrected chi connectivity index (χ0v) is 11.6. The van der Waals surface area contributed by atoms with Crippen LogP contribution in [0.3, 0.4) is 0 Å². The number of rotatable bonds is 1.